The standard InChI is InChI=1S/C23H23FN4O2S/c1-15-9-18(24)10-16(2)23(15)27-19-6-7-21-17(12-25-3)14-28(22(21)11-19)31(29,30)20-5-4-8-26-13-20/h4-11,13-14,25,27H,12H2,1-3H3. The first-order valence-electron chi connectivity index (χ1n) is 9.79. The molecule has 6 nitrogen and oxygen atoms in total. The molecule has 2 N–H and O–H groups in total. The second-order valence-corrected chi connectivity index (χ2v) is 9.26. The third kappa shape index (κ3) is 3.92. The van der Waals surface area contributed by atoms with E-state index in [4.69, 9.17) is 0 Å². The number of anilines is 2. The van der Waals surface area contributed by atoms with Crippen LogP contribution in [-0.2, 0) is 16.6 Å². The Balaban J connectivity index is 1.86. The van der Waals surface area contributed by atoms with Gasteiger partial charge in [-0.25, -0.2) is 16.8 Å². The number of rotatable bonds is 6. The Morgan fingerprint density at radius 2 is 1.84 bits per heavy atom. The van der Waals surface area contributed by atoms with E-state index in [-0.39, 0.29) is 10.7 Å². The van der Waals surface area contributed by atoms with Gasteiger partial charge in [0, 0.05) is 41.9 Å². The molecular weight excluding hydrogens is 415 g/mol. The minimum absolute atomic E-state index is 0.117. The molecule has 0 bridgehead atoms. The summed E-state index contributed by atoms with van der Waals surface area (Å²) in [6.07, 6.45) is 4.52. The molecule has 0 saturated carbocycles. The van der Waals surface area contributed by atoms with Gasteiger partial charge in [-0.3, -0.25) is 4.98 Å². The fourth-order valence-electron chi connectivity index (χ4n) is 3.74. The predicted octanol–water partition coefficient (Wildman–Crippen LogP) is 4.49. The van der Waals surface area contributed by atoms with Crippen molar-refractivity contribution >= 4 is 32.3 Å². The van der Waals surface area contributed by atoms with E-state index in [0.717, 1.165) is 27.8 Å². The highest BCUT2D eigenvalue weighted by Crippen LogP contribution is 2.31. The van der Waals surface area contributed by atoms with Crippen LogP contribution in [0.15, 0.2) is 66.0 Å². The quantitative estimate of drug-likeness (QED) is 0.464. The zero-order valence-corrected chi connectivity index (χ0v) is 18.3. The normalized spacial score (nSPS) is 11.7. The number of nitrogens with zero attached hydrogens (tertiary/aromatic N) is 2. The van der Waals surface area contributed by atoms with Crippen molar-refractivity contribution in [3.05, 3.63) is 83.6 Å². The Bertz CT molecular complexity index is 1340. The maximum atomic E-state index is 13.7. The maximum Gasteiger partial charge on any atom is 0.269 e. The molecule has 0 aliphatic carbocycles. The van der Waals surface area contributed by atoms with E-state index in [2.05, 4.69) is 15.6 Å². The molecule has 0 atom stereocenters. The Hall–Kier alpha value is -3.23. The summed E-state index contributed by atoms with van der Waals surface area (Å²) in [4.78, 5) is 4.07. The highest BCUT2D eigenvalue weighted by atomic mass is 32.2. The molecule has 0 spiro atoms. The lowest BCUT2D eigenvalue weighted by Gasteiger charge is -2.14. The summed E-state index contributed by atoms with van der Waals surface area (Å²) in [5, 5.41) is 7.23. The molecule has 2 heterocycles. The first-order chi connectivity index (χ1) is 14.8. The van der Waals surface area contributed by atoms with Crippen molar-refractivity contribution in [2.75, 3.05) is 12.4 Å². The Kier molecular flexibility index (Phi) is 5.51. The average molecular weight is 439 g/mol. The molecule has 2 aromatic carbocycles. The minimum atomic E-state index is -3.83. The van der Waals surface area contributed by atoms with Gasteiger partial charge in [0.2, 0.25) is 0 Å². The molecule has 0 aliphatic rings. The van der Waals surface area contributed by atoms with E-state index >= 15 is 0 Å². The number of benzene rings is 2. The predicted molar refractivity (Wildman–Crippen MR) is 121 cm³/mol. The number of hydrogen-bond acceptors (Lipinski definition) is 5. The van der Waals surface area contributed by atoms with E-state index in [1.807, 2.05) is 33.0 Å². The molecule has 4 aromatic rings. The zero-order valence-electron chi connectivity index (χ0n) is 17.5. The number of nitrogens with one attached hydrogen (secondary N) is 2. The number of aryl methyl sites for hydroxylation is 2. The lowest BCUT2D eigenvalue weighted by atomic mass is 10.1. The largest absolute Gasteiger partial charge is 0.355 e. The van der Waals surface area contributed by atoms with E-state index in [0.29, 0.717) is 17.7 Å². The number of pyridine rings is 1. The van der Waals surface area contributed by atoms with Crippen molar-refractivity contribution in [3.63, 3.8) is 0 Å². The smallest absolute Gasteiger partial charge is 0.269 e. The van der Waals surface area contributed by atoms with Gasteiger partial charge in [0.25, 0.3) is 10.0 Å². The van der Waals surface area contributed by atoms with Gasteiger partial charge in [0.1, 0.15) is 10.7 Å². The summed E-state index contributed by atoms with van der Waals surface area (Å²) < 4.78 is 41.6. The van der Waals surface area contributed by atoms with Crippen LogP contribution in [0.4, 0.5) is 15.8 Å². The van der Waals surface area contributed by atoms with Crippen LogP contribution in [0, 0.1) is 19.7 Å². The number of aromatic nitrogens is 2. The van der Waals surface area contributed by atoms with Gasteiger partial charge in [0.15, 0.2) is 0 Å². The Morgan fingerprint density at radius 3 is 2.48 bits per heavy atom. The number of halogens is 1. The summed E-state index contributed by atoms with van der Waals surface area (Å²) in [6.45, 7) is 4.18. The van der Waals surface area contributed by atoms with E-state index < -0.39 is 10.0 Å². The molecule has 0 radical (unpaired) electrons. The molecule has 4 rings (SSSR count). The average Bonchev–Trinajstić information content (AvgIpc) is 3.10. The Morgan fingerprint density at radius 1 is 1.10 bits per heavy atom. The van der Waals surface area contributed by atoms with Crippen LogP contribution in [0.25, 0.3) is 10.9 Å². The fraction of sp³-hybridized carbons (Fsp3) is 0.174. The van der Waals surface area contributed by atoms with Crippen LogP contribution >= 0.6 is 0 Å². The second kappa shape index (κ2) is 8.13. The van der Waals surface area contributed by atoms with Gasteiger partial charge in [-0.2, -0.15) is 0 Å². The molecule has 0 unspecified atom stereocenters. The van der Waals surface area contributed by atoms with Crippen LogP contribution in [0.1, 0.15) is 16.7 Å². The molecule has 0 saturated heterocycles. The zero-order chi connectivity index (χ0) is 22.2. The number of hydrogen-bond donors (Lipinski definition) is 2. The Labute approximate surface area is 180 Å². The molecular formula is C23H23FN4O2S. The summed E-state index contributed by atoms with van der Waals surface area (Å²) in [6, 6.07) is 11.6. The maximum absolute atomic E-state index is 13.7. The van der Waals surface area contributed by atoms with Crippen molar-refractivity contribution in [2.45, 2.75) is 25.3 Å². The van der Waals surface area contributed by atoms with Crippen LogP contribution in [0.5, 0.6) is 0 Å². The van der Waals surface area contributed by atoms with Gasteiger partial charge in [-0.1, -0.05) is 6.07 Å². The van der Waals surface area contributed by atoms with Crippen LogP contribution in [0.3, 0.4) is 0 Å². The SMILES string of the molecule is CNCc1cn(S(=O)(=O)c2cccnc2)c2cc(Nc3c(C)cc(F)cc3C)ccc12. The van der Waals surface area contributed by atoms with Gasteiger partial charge in [-0.05, 0) is 74.0 Å². The van der Waals surface area contributed by atoms with E-state index in [1.54, 1.807) is 18.3 Å². The van der Waals surface area contributed by atoms with Crippen LogP contribution < -0.4 is 10.6 Å². The lowest BCUT2D eigenvalue weighted by molar-refractivity contribution is 0.588. The fourth-order valence-corrected chi connectivity index (χ4v) is 5.09. The van der Waals surface area contributed by atoms with E-state index in [1.165, 1.54) is 34.6 Å². The van der Waals surface area contributed by atoms with Gasteiger partial charge < -0.3 is 10.6 Å². The molecule has 2 aromatic heterocycles. The third-order valence-electron chi connectivity index (χ3n) is 5.18. The minimum Gasteiger partial charge on any atom is -0.355 e. The van der Waals surface area contributed by atoms with Crippen molar-refractivity contribution in [1.82, 2.24) is 14.3 Å². The monoisotopic (exact) mass is 438 g/mol. The number of fused-ring (bicyclic) bond motifs is 1. The molecule has 31 heavy (non-hydrogen) atoms. The topological polar surface area (TPSA) is 76.0 Å². The summed E-state index contributed by atoms with van der Waals surface area (Å²) in [5.74, 6) is -0.288. The van der Waals surface area contributed by atoms with Crippen molar-refractivity contribution in [2.24, 2.45) is 0 Å². The van der Waals surface area contributed by atoms with Gasteiger partial charge in [0.05, 0.1) is 5.52 Å². The van der Waals surface area contributed by atoms with Crippen molar-refractivity contribution in [1.29, 1.82) is 0 Å². The molecule has 160 valence electrons. The lowest BCUT2D eigenvalue weighted by Crippen LogP contribution is -2.12. The second-order valence-electron chi connectivity index (χ2n) is 7.45. The highest BCUT2D eigenvalue weighted by molar-refractivity contribution is 7.90. The van der Waals surface area contributed by atoms with Crippen molar-refractivity contribution < 1.29 is 12.8 Å². The molecule has 0 fully saturated rings. The molecule has 0 amide bonds. The van der Waals surface area contributed by atoms with Gasteiger partial charge >= 0.3 is 0 Å². The van der Waals surface area contributed by atoms with Gasteiger partial charge in [-0.15, -0.1) is 0 Å². The molecule has 0 aliphatic heterocycles. The van der Waals surface area contributed by atoms with E-state index in [9.17, 15) is 12.8 Å². The first kappa shape index (κ1) is 21.0. The third-order valence-corrected chi connectivity index (χ3v) is 6.84. The summed E-state index contributed by atoms with van der Waals surface area (Å²) >= 11 is 0. The summed E-state index contributed by atoms with van der Waals surface area (Å²) in [5.41, 5.74) is 4.47. The first-order valence-corrected chi connectivity index (χ1v) is 11.2. The van der Waals surface area contributed by atoms with Crippen LogP contribution in [-0.4, -0.2) is 24.4 Å². The molecule has 8 heteroatoms. The van der Waals surface area contributed by atoms with Crippen LogP contribution in [0.2, 0.25) is 0 Å². The summed E-state index contributed by atoms with van der Waals surface area (Å²) in [7, 11) is -2.01. The van der Waals surface area contributed by atoms with Crippen molar-refractivity contribution in [3.8, 4) is 0 Å². The highest BCUT2D eigenvalue weighted by Gasteiger charge is 2.21.